The second kappa shape index (κ2) is 6.24. The van der Waals surface area contributed by atoms with Crippen molar-refractivity contribution in [3.8, 4) is 0 Å². The van der Waals surface area contributed by atoms with E-state index in [-0.39, 0.29) is 5.91 Å². The van der Waals surface area contributed by atoms with E-state index in [1.807, 2.05) is 0 Å². The molecule has 2 N–H and O–H groups in total. The first-order valence-electron chi connectivity index (χ1n) is 6.82. The van der Waals surface area contributed by atoms with Crippen LogP contribution in [-0.4, -0.2) is 25.5 Å². The molecular formula is C13H24N2O. The van der Waals surface area contributed by atoms with Gasteiger partial charge in [0.05, 0.1) is 0 Å². The van der Waals surface area contributed by atoms with Crippen molar-refractivity contribution >= 4 is 5.91 Å². The van der Waals surface area contributed by atoms with Crippen LogP contribution in [0.5, 0.6) is 0 Å². The molecule has 0 radical (unpaired) electrons. The van der Waals surface area contributed by atoms with E-state index in [1.165, 1.54) is 32.1 Å². The van der Waals surface area contributed by atoms with E-state index in [2.05, 4.69) is 10.6 Å². The van der Waals surface area contributed by atoms with E-state index in [1.54, 1.807) is 0 Å². The first-order chi connectivity index (χ1) is 7.84. The highest BCUT2D eigenvalue weighted by Crippen LogP contribution is 2.25. The number of rotatable bonds is 5. The fourth-order valence-electron chi connectivity index (χ4n) is 2.55. The number of amides is 1. The van der Waals surface area contributed by atoms with Crippen molar-refractivity contribution in [1.29, 1.82) is 0 Å². The molecule has 3 heteroatoms. The molecule has 1 amide bonds. The molecule has 2 aliphatic rings. The fourth-order valence-corrected chi connectivity index (χ4v) is 2.55. The number of carbonyl (C=O) groups excluding carboxylic acids is 1. The zero-order valence-electron chi connectivity index (χ0n) is 10.1. The summed E-state index contributed by atoms with van der Waals surface area (Å²) in [6.45, 7) is 3.18. The third-order valence-corrected chi connectivity index (χ3v) is 3.99. The molecule has 1 saturated heterocycles. The van der Waals surface area contributed by atoms with Gasteiger partial charge in [-0.15, -0.1) is 0 Å². The van der Waals surface area contributed by atoms with Gasteiger partial charge in [0, 0.05) is 13.0 Å². The van der Waals surface area contributed by atoms with Gasteiger partial charge in [0.1, 0.15) is 0 Å². The summed E-state index contributed by atoms with van der Waals surface area (Å²) in [5, 5.41) is 6.46. The van der Waals surface area contributed by atoms with Gasteiger partial charge in [-0.25, -0.2) is 0 Å². The van der Waals surface area contributed by atoms with Crippen LogP contribution in [0.2, 0.25) is 0 Å². The molecule has 2 rings (SSSR count). The van der Waals surface area contributed by atoms with Gasteiger partial charge in [-0.05, 0) is 57.0 Å². The zero-order valence-corrected chi connectivity index (χ0v) is 10.1. The van der Waals surface area contributed by atoms with Crippen LogP contribution in [0.4, 0.5) is 0 Å². The number of piperidine rings is 1. The molecular weight excluding hydrogens is 200 g/mol. The molecule has 1 atom stereocenters. The summed E-state index contributed by atoms with van der Waals surface area (Å²) in [4.78, 5) is 11.6. The Morgan fingerprint density at radius 2 is 2.00 bits per heavy atom. The Hall–Kier alpha value is -0.570. The highest BCUT2D eigenvalue weighted by atomic mass is 16.1. The van der Waals surface area contributed by atoms with E-state index < -0.39 is 0 Å². The summed E-state index contributed by atoms with van der Waals surface area (Å²) in [5.41, 5.74) is 0. The summed E-state index contributed by atoms with van der Waals surface area (Å²) in [6.07, 6.45) is 8.33. The Morgan fingerprint density at radius 1 is 1.19 bits per heavy atom. The topological polar surface area (TPSA) is 41.1 Å². The molecule has 0 aromatic heterocycles. The molecule has 3 nitrogen and oxygen atoms in total. The van der Waals surface area contributed by atoms with Crippen LogP contribution in [0.3, 0.4) is 0 Å². The summed E-state index contributed by atoms with van der Waals surface area (Å²) in [7, 11) is 0. The minimum atomic E-state index is 0.262. The van der Waals surface area contributed by atoms with E-state index in [4.69, 9.17) is 0 Å². The molecule has 0 aromatic carbocycles. The molecule has 1 aliphatic carbocycles. The first kappa shape index (κ1) is 11.9. The van der Waals surface area contributed by atoms with Gasteiger partial charge >= 0.3 is 0 Å². The van der Waals surface area contributed by atoms with Gasteiger partial charge in [-0.1, -0.05) is 6.42 Å². The maximum atomic E-state index is 11.6. The summed E-state index contributed by atoms with van der Waals surface area (Å²) >= 11 is 0. The van der Waals surface area contributed by atoms with Crippen LogP contribution < -0.4 is 10.6 Å². The Kier molecular flexibility index (Phi) is 4.64. The summed E-state index contributed by atoms with van der Waals surface area (Å²) < 4.78 is 0. The molecule has 0 aromatic rings. The van der Waals surface area contributed by atoms with Crippen LogP contribution in [0.25, 0.3) is 0 Å². The monoisotopic (exact) mass is 224 g/mol. The third kappa shape index (κ3) is 3.78. The number of hydrogen-bond donors (Lipinski definition) is 2. The predicted molar refractivity (Wildman–Crippen MR) is 65.2 cm³/mol. The van der Waals surface area contributed by atoms with Crippen molar-refractivity contribution in [2.45, 2.75) is 44.9 Å². The van der Waals surface area contributed by atoms with E-state index in [0.717, 1.165) is 44.3 Å². The predicted octanol–water partition coefficient (Wildman–Crippen LogP) is 1.68. The Labute approximate surface area is 98.4 Å². The largest absolute Gasteiger partial charge is 0.356 e. The van der Waals surface area contributed by atoms with Gasteiger partial charge in [-0.3, -0.25) is 4.79 Å². The second-order valence-corrected chi connectivity index (χ2v) is 5.35. The third-order valence-electron chi connectivity index (χ3n) is 3.99. The van der Waals surface area contributed by atoms with Crippen LogP contribution >= 0.6 is 0 Å². The van der Waals surface area contributed by atoms with E-state index in [9.17, 15) is 4.79 Å². The molecule has 1 heterocycles. The normalized spacial score (nSPS) is 26.1. The SMILES string of the molecule is O=C(CCC1CCCNC1)NCC1CCC1. The highest BCUT2D eigenvalue weighted by molar-refractivity contribution is 5.75. The van der Waals surface area contributed by atoms with Gasteiger partial charge < -0.3 is 10.6 Å². The minimum absolute atomic E-state index is 0.262. The fraction of sp³-hybridized carbons (Fsp3) is 0.923. The average Bonchev–Trinajstić information content (AvgIpc) is 2.26. The number of hydrogen-bond acceptors (Lipinski definition) is 2. The highest BCUT2D eigenvalue weighted by Gasteiger charge is 2.18. The molecule has 92 valence electrons. The smallest absolute Gasteiger partial charge is 0.220 e. The van der Waals surface area contributed by atoms with Crippen molar-refractivity contribution in [2.24, 2.45) is 11.8 Å². The van der Waals surface area contributed by atoms with Crippen molar-refractivity contribution in [1.82, 2.24) is 10.6 Å². The number of carbonyl (C=O) groups is 1. The van der Waals surface area contributed by atoms with Crippen molar-refractivity contribution in [3.63, 3.8) is 0 Å². The van der Waals surface area contributed by atoms with E-state index in [0.29, 0.717) is 0 Å². The molecule has 0 spiro atoms. The minimum Gasteiger partial charge on any atom is -0.356 e. The van der Waals surface area contributed by atoms with Crippen molar-refractivity contribution in [3.05, 3.63) is 0 Å². The standard InChI is InChI=1S/C13H24N2O/c16-13(15-10-11-3-1-4-11)7-6-12-5-2-8-14-9-12/h11-12,14H,1-10H2,(H,15,16). The van der Waals surface area contributed by atoms with Gasteiger partial charge in [0.15, 0.2) is 0 Å². The lowest BCUT2D eigenvalue weighted by Gasteiger charge is -2.26. The van der Waals surface area contributed by atoms with Gasteiger partial charge in [-0.2, -0.15) is 0 Å². The van der Waals surface area contributed by atoms with Gasteiger partial charge in [0.2, 0.25) is 5.91 Å². The van der Waals surface area contributed by atoms with Crippen LogP contribution in [-0.2, 0) is 4.79 Å². The Morgan fingerprint density at radius 3 is 2.62 bits per heavy atom. The molecule has 2 fully saturated rings. The zero-order chi connectivity index (χ0) is 11.2. The Bertz CT molecular complexity index is 220. The second-order valence-electron chi connectivity index (χ2n) is 5.35. The van der Waals surface area contributed by atoms with E-state index >= 15 is 0 Å². The Balaban J connectivity index is 1.52. The first-order valence-corrected chi connectivity index (χ1v) is 6.82. The average molecular weight is 224 g/mol. The summed E-state index contributed by atoms with van der Waals surface area (Å²) in [6, 6.07) is 0. The quantitative estimate of drug-likeness (QED) is 0.746. The van der Waals surface area contributed by atoms with Crippen LogP contribution in [0.1, 0.15) is 44.9 Å². The van der Waals surface area contributed by atoms with Crippen LogP contribution in [0.15, 0.2) is 0 Å². The molecule has 1 aliphatic heterocycles. The van der Waals surface area contributed by atoms with Crippen molar-refractivity contribution in [2.75, 3.05) is 19.6 Å². The van der Waals surface area contributed by atoms with Crippen molar-refractivity contribution < 1.29 is 4.79 Å². The number of nitrogens with one attached hydrogen (secondary N) is 2. The molecule has 0 bridgehead atoms. The maximum absolute atomic E-state index is 11.6. The lowest BCUT2D eigenvalue weighted by molar-refractivity contribution is -0.121. The van der Waals surface area contributed by atoms with Crippen LogP contribution in [0, 0.1) is 11.8 Å². The lowest BCUT2D eigenvalue weighted by atomic mass is 9.85. The molecule has 1 unspecified atom stereocenters. The molecule has 1 saturated carbocycles. The van der Waals surface area contributed by atoms with Gasteiger partial charge in [0.25, 0.3) is 0 Å². The lowest BCUT2D eigenvalue weighted by Crippen LogP contribution is -2.34. The molecule has 16 heavy (non-hydrogen) atoms. The maximum Gasteiger partial charge on any atom is 0.220 e. The summed E-state index contributed by atoms with van der Waals surface area (Å²) in [5.74, 6) is 1.76.